The van der Waals surface area contributed by atoms with E-state index in [1.54, 1.807) is 0 Å². The number of carbonyl (C=O) groups excluding carboxylic acids is 1. The number of carbonyl (C=O) groups is 1. The second kappa shape index (κ2) is 5.71. The van der Waals surface area contributed by atoms with Crippen LogP contribution in [0, 0.1) is 0 Å². The lowest BCUT2D eigenvalue weighted by Gasteiger charge is -2.35. The summed E-state index contributed by atoms with van der Waals surface area (Å²) >= 11 is 5.55. The van der Waals surface area contributed by atoms with Gasteiger partial charge in [0.15, 0.2) is 0 Å². The lowest BCUT2D eigenvalue weighted by Crippen LogP contribution is -2.45. The average Bonchev–Trinajstić information content (AvgIpc) is 2.18. The molecule has 0 aromatic heterocycles. The Bertz CT molecular complexity index is 209. The van der Waals surface area contributed by atoms with E-state index in [0.29, 0.717) is 38.2 Å². The number of likely N-dealkylation sites (tertiary alicyclic amines) is 1. The van der Waals surface area contributed by atoms with Gasteiger partial charge >= 0.3 is 0 Å². The highest BCUT2D eigenvalue weighted by molar-refractivity contribution is 6.17. The molecule has 0 aromatic rings. The Balaban J connectivity index is 2.24. The van der Waals surface area contributed by atoms with Gasteiger partial charge in [-0.25, -0.2) is 0 Å². The second-order valence-electron chi connectivity index (χ2n) is 4.52. The van der Waals surface area contributed by atoms with E-state index in [1.165, 1.54) is 0 Å². The first-order valence-corrected chi connectivity index (χ1v) is 6.15. The Labute approximate surface area is 96.4 Å². The number of alkyl halides is 1. The normalized spacial score (nSPS) is 20.3. The highest BCUT2D eigenvalue weighted by Crippen LogP contribution is 2.21. The highest BCUT2D eigenvalue weighted by atomic mass is 35.5. The maximum atomic E-state index is 11.7. The van der Waals surface area contributed by atoms with Crippen LogP contribution in [-0.4, -0.2) is 40.5 Å². The van der Waals surface area contributed by atoms with Gasteiger partial charge in [0.05, 0.1) is 5.60 Å². The maximum absolute atomic E-state index is 11.7. The van der Waals surface area contributed by atoms with E-state index in [-0.39, 0.29) is 5.91 Å². The Hall–Kier alpha value is -0.280. The molecule has 0 radical (unpaired) electrons. The zero-order valence-corrected chi connectivity index (χ0v) is 10.1. The van der Waals surface area contributed by atoms with Crippen molar-refractivity contribution in [3.8, 4) is 0 Å². The van der Waals surface area contributed by atoms with Crippen molar-refractivity contribution >= 4 is 17.5 Å². The average molecular weight is 234 g/mol. The maximum Gasteiger partial charge on any atom is 0.222 e. The van der Waals surface area contributed by atoms with Crippen LogP contribution in [0.3, 0.4) is 0 Å². The standard InChI is InChI=1S/C11H20ClNO2/c1-11(15)5-8-13(9-6-11)10(14)4-2-3-7-12/h15H,2-9H2,1H3. The third kappa shape index (κ3) is 4.39. The molecule has 0 bridgehead atoms. The number of nitrogens with zero attached hydrogens (tertiary/aromatic N) is 1. The molecule has 1 amide bonds. The first-order valence-electron chi connectivity index (χ1n) is 5.61. The zero-order chi connectivity index (χ0) is 11.3. The number of piperidine rings is 1. The van der Waals surface area contributed by atoms with Crippen molar-refractivity contribution in [2.75, 3.05) is 19.0 Å². The van der Waals surface area contributed by atoms with E-state index >= 15 is 0 Å². The molecule has 0 saturated carbocycles. The van der Waals surface area contributed by atoms with Gasteiger partial charge in [-0.05, 0) is 32.6 Å². The van der Waals surface area contributed by atoms with Crippen molar-refractivity contribution < 1.29 is 9.90 Å². The third-order valence-corrected chi connectivity index (χ3v) is 3.23. The van der Waals surface area contributed by atoms with Crippen LogP contribution in [0.4, 0.5) is 0 Å². The first kappa shape index (κ1) is 12.8. The molecular formula is C11H20ClNO2. The van der Waals surface area contributed by atoms with Crippen molar-refractivity contribution in [1.29, 1.82) is 0 Å². The fourth-order valence-corrected chi connectivity index (χ4v) is 1.96. The lowest BCUT2D eigenvalue weighted by atomic mass is 9.93. The zero-order valence-electron chi connectivity index (χ0n) is 9.34. The van der Waals surface area contributed by atoms with Gasteiger partial charge < -0.3 is 10.0 Å². The minimum atomic E-state index is -0.576. The van der Waals surface area contributed by atoms with Crippen molar-refractivity contribution in [1.82, 2.24) is 4.90 Å². The molecule has 0 atom stereocenters. The number of rotatable bonds is 4. The van der Waals surface area contributed by atoms with Crippen molar-refractivity contribution in [2.24, 2.45) is 0 Å². The highest BCUT2D eigenvalue weighted by Gasteiger charge is 2.28. The molecule has 15 heavy (non-hydrogen) atoms. The SMILES string of the molecule is CC1(O)CCN(C(=O)CCCCCl)CC1. The molecule has 0 unspecified atom stereocenters. The van der Waals surface area contributed by atoms with Crippen molar-refractivity contribution in [3.63, 3.8) is 0 Å². The van der Waals surface area contributed by atoms with Crippen LogP contribution in [0.5, 0.6) is 0 Å². The minimum absolute atomic E-state index is 0.204. The first-order chi connectivity index (χ1) is 7.05. The molecular weight excluding hydrogens is 214 g/mol. The monoisotopic (exact) mass is 233 g/mol. The van der Waals surface area contributed by atoms with Crippen LogP contribution in [-0.2, 0) is 4.79 Å². The summed E-state index contributed by atoms with van der Waals surface area (Å²) in [6.45, 7) is 3.21. The molecule has 1 aliphatic rings. The molecule has 4 heteroatoms. The molecule has 0 aliphatic carbocycles. The summed E-state index contributed by atoms with van der Waals surface area (Å²) in [7, 11) is 0. The van der Waals surface area contributed by atoms with Crippen LogP contribution in [0.1, 0.15) is 39.0 Å². The fraction of sp³-hybridized carbons (Fsp3) is 0.909. The van der Waals surface area contributed by atoms with E-state index in [1.807, 2.05) is 11.8 Å². The molecule has 0 spiro atoms. The quantitative estimate of drug-likeness (QED) is 0.594. The van der Waals surface area contributed by atoms with E-state index < -0.39 is 5.60 Å². The summed E-state index contributed by atoms with van der Waals surface area (Å²) in [6, 6.07) is 0. The van der Waals surface area contributed by atoms with Gasteiger partial charge in [-0.1, -0.05) is 0 Å². The molecule has 1 aliphatic heterocycles. The van der Waals surface area contributed by atoms with Gasteiger partial charge in [0, 0.05) is 25.4 Å². The van der Waals surface area contributed by atoms with Crippen LogP contribution in [0.25, 0.3) is 0 Å². The summed E-state index contributed by atoms with van der Waals surface area (Å²) in [6.07, 6.45) is 3.74. The number of halogens is 1. The van der Waals surface area contributed by atoms with Gasteiger partial charge in [0.2, 0.25) is 5.91 Å². The molecule has 3 nitrogen and oxygen atoms in total. The molecule has 1 heterocycles. The topological polar surface area (TPSA) is 40.5 Å². The predicted octanol–water partition coefficient (Wildman–Crippen LogP) is 1.77. The fourth-order valence-electron chi connectivity index (χ4n) is 1.77. The Morgan fingerprint density at radius 1 is 1.40 bits per heavy atom. The largest absolute Gasteiger partial charge is 0.390 e. The number of aliphatic hydroxyl groups is 1. The predicted molar refractivity (Wildman–Crippen MR) is 61.0 cm³/mol. The molecule has 1 saturated heterocycles. The molecule has 1 fully saturated rings. The van der Waals surface area contributed by atoms with Crippen LogP contribution in [0.2, 0.25) is 0 Å². The Morgan fingerprint density at radius 3 is 2.53 bits per heavy atom. The van der Waals surface area contributed by atoms with Gasteiger partial charge in [0.25, 0.3) is 0 Å². The third-order valence-electron chi connectivity index (χ3n) is 2.97. The van der Waals surface area contributed by atoms with E-state index in [0.717, 1.165) is 12.8 Å². The molecule has 1 rings (SSSR count). The number of hydrogen-bond donors (Lipinski definition) is 1. The summed E-state index contributed by atoms with van der Waals surface area (Å²) in [5.74, 6) is 0.831. The Kier molecular flexibility index (Phi) is 4.87. The molecule has 1 N–H and O–H groups in total. The second-order valence-corrected chi connectivity index (χ2v) is 4.90. The smallest absolute Gasteiger partial charge is 0.222 e. The van der Waals surface area contributed by atoms with Crippen molar-refractivity contribution in [3.05, 3.63) is 0 Å². The van der Waals surface area contributed by atoms with Crippen LogP contribution < -0.4 is 0 Å². The molecule has 88 valence electrons. The van der Waals surface area contributed by atoms with Gasteiger partial charge in [-0.3, -0.25) is 4.79 Å². The summed E-state index contributed by atoms with van der Waals surface area (Å²) < 4.78 is 0. The van der Waals surface area contributed by atoms with E-state index in [2.05, 4.69) is 0 Å². The Morgan fingerprint density at radius 2 is 2.00 bits per heavy atom. The van der Waals surface area contributed by atoms with Crippen LogP contribution >= 0.6 is 11.6 Å². The summed E-state index contributed by atoms with van der Waals surface area (Å²) in [4.78, 5) is 13.5. The van der Waals surface area contributed by atoms with E-state index in [9.17, 15) is 9.90 Å². The number of unbranched alkanes of at least 4 members (excludes halogenated alkanes) is 1. The van der Waals surface area contributed by atoms with Gasteiger partial charge in [-0.15, -0.1) is 11.6 Å². The minimum Gasteiger partial charge on any atom is -0.390 e. The molecule has 0 aromatic carbocycles. The van der Waals surface area contributed by atoms with Gasteiger partial charge in [0.1, 0.15) is 0 Å². The number of amides is 1. The van der Waals surface area contributed by atoms with E-state index in [4.69, 9.17) is 11.6 Å². The number of hydrogen-bond acceptors (Lipinski definition) is 2. The lowest BCUT2D eigenvalue weighted by molar-refractivity contribution is -0.135. The van der Waals surface area contributed by atoms with Crippen LogP contribution in [0.15, 0.2) is 0 Å². The van der Waals surface area contributed by atoms with Gasteiger partial charge in [-0.2, -0.15) is 0 Å². The van der Waals surface area contributed by atoms with Crippen molar-refractivity contribution in [2.45, 2.75) is 44.6 Å². The summed E-state index contributed by atoms with van der Waals surface area (Å²) in [5, 5.41) is 9.73. The summed E-state index contributed by atoms with van der Waals surface area (Å²) in [5.41, 5.74) is -0.576.